The molecule has 32 heavy (non-hydrogen) atoms. The lowest BCUT2D eigenvalue weighted by Gasteiger charge is -2.17. The third kappa shape index (κ3) is 4.24. The fourth-order valence-corrected chi connectivity index (χ4v) is 3.11. The molecule has 3 heterocycles. The Kier molecular flexibility index (Phi) is 4.95. The van der Waals surface area contributed by atoms with E-state index in [1.54, 1.807) is 36.5 Å². The molecule has 1 aliphatic rings. The van der Waals surface area contributed by atoms with Crippen LogP contribution in [-0.2, 0) is 4.74 Å². The number of fused-ring (bicyclic) bond motifs is 1. The van der Waals surface area contributed by atoms with E-state index in [1.807, 2.05) is 6.07 Å². The number of benzene rings is 1. The van der Waals surface area contributed by atoms with Crippen molar-refractivity contribution in [3.8, 4) is 34.5 Å². The van der Waals surface area contributed by atoms with Gasteiger partial charge in [-0.3, -0.25) is 4.74 Å². The molecular formula is C22H16F2N6O2. The fourth-order valence-electron chi connectivity index (χ4n) is 3.11. The number of aromatic nitrogens is 5. The molecule has 1 fully saturated rings. The molecule has 0 radical (unpaired) electrons. The van der Waals surface area contributed by atoms with E-state index < -0.39 is 6.29 Å². The van der Waals surface area contributed by atoms with Gasteiger partial charge in [-0.05, 0) is 49.1 Å². The Labute approximate surface area is 181 Å². The first kappa shape index (κ1) is 20.0. The lowest BCUT2D eigenvalue weighted by Crippen LogP contribution is -2.29. The summed E-state index contributed by atoms with van der Waals surface area (Å²) in [6, 6.07) is 13.2. The molecule has 5 rings (SSSR count). The monoisotopic (exact) mass is 434 g/mol. The molecule has 0 N–H and O–H groups in total. The average Bonchev–Trinajstić information content (AvgIpc) is 3.53. The van der Waals surface area contributed by atoms with Crippen LogP contribution in [0.3, 0.4) is 0 Å². The van der Waals surface area contributed by atoms with Crippen molar-refractivity contribution in [2.75, 3.05) is 6.61 Å². The third-order valence-electron chi connectivity index (χ3n) is 4.93. The van der Waals surface area contributed by atoms with Gasteiger partial charge in [0, 0.05) is 23.5 Å². The predicted molar refractivity (Wildman–Crippen MR) is 108 cm³/mol. The van der Waals surface area contributed by atoms with Crippen LogP contribution < -0.4 is 4.74 Å². The first-order valence-corrected chi connectivity index (χ1v) is 9.90. The normalized spacial score (nSPS) is 13.8. The van der Waals surface area contributed by atoms with Gasteiger partial charge in [-0.1, -0.05) is 12.1 Å². The van der Waals surface area contributed by atoms with E-state index in [-0.39, 0.29) is 24.0 Å². The van der Waals surface area contributed by atoms with Gasteiger partial charge in [0.25, 0.3) is 5.78 Å². The summed E-state index contributed by atoms with van der Waals surface area (Å²) in [5.74, 6) is 0.847. The largest absolute Gasteiger partial charge is 0.535 e. The van der Waals surface area contributed by atoms with Crippen LogP contribution in [0, 0.1) is 17.2 Å². The molecule has 0 saturated heterocycles. The minimum absolute atomic E-state index is 0.0242. The Morgan fingerprint density at radius 2 is 2.00 bits per heavy atom. The zero-order valence-corrected chi connectivity index (χ0v) is 16.7. The first-order valence-electron chi connectivity index (χ1n) is 9.90. The second-order valence-electron chi connectivity index (χ2n) is 7.37. The van der Waals surface area contributed by atoms with Gasteiger partial charge in [-0.15, -0.1) is 13.9 Å². The molecule has 8 nitrogen and oxygen atoms in total. The van der Waals surface area contributed by atoms with Crippen molar-refractivity contribution in [1.82, 2.24) is 24.6 Å². The Morgan fingerprint density at radius 3 is 2.75 bits per heavy atom. The summed E-state index contributed by atoms with van der Waals surface area (Å²) in [6.45, 7) is -0.0242. The maximum atomic E-state index is 14.0. The smallest absolute Gasteiger partial charge is 0.409 e. The van der Waals surface area contributed by atoms with E-state index in [0.29, 0.717) is 28.4 Å². The molecule has 0 amide bonds. The number of ether oxygens (including phenoxy) is 2. The van der Waals surface area contributed by atoms with Gasteiger partial charge >= 0.3 is 6.29 Å². The standard InChI is InChI=1S/C22H16F2N6O2/c23-22(24,31-13-14-4-5-14)32-18-3-1-2-15(10-18)19-8-9-26-21-28-20(29-30(19)21)16-6-7-17(11-25)27-12-16/h1-3,6-10,12,14H,4-5,13H2. The molecule has 1 aromatic carbocycles. The summed E-state index contributed by atoms with van der Waals surface area (Å²) in [7, 11) is 0. The van der Waals surface area contributed by atoms with Crippen LogP contribution in [0.2, 0.25) is 0 Å². The van der Waals surface area contributed by atoms with Crippen LogP contribution in [0.25, 0.3) is 28.4 Å². The molecule has 0 aliphatic heterocycles. The second kappa shape index (κ2) is 7.94. The molecule has 4 aromatic rings. The van der Waals surface area contributed by atoms with E-state index in [4.69, 9.17) is 10.00 Å². The molecule has 1 saturated carbocycles. The van der Waals surface area contributed by atoms with E-state index in [9.17, 15) is 8.78 Å². The first-order chi connectivity index (χ1) is 15.5. The summed E-state index contributed by atoms with van der Waals surface area (Å²) in [5, 5.41) is 13.4. The Morgan fingerprint density at radius 1 is 1.12 bits per heavy atom. The molecule has 1 aliphatic carbocycles. The fraction of sp³-hybridized carbons (Fsp3) is 0.227. The molecular weight excluding hydrogens is 418 g/mol. The van der Waals surface area contributed by atoms with Crippen LogP contribution in [-0.4, -0.2) is 37.5 Å². The van der Waals surface area contributed by atoms with Crippen molar-refractivity contribution < 1.29 is 18.3 Å². The van der Waals surface area contributed by atoms with Crippen molar-refractivity contribution in [3.63, 3.8) is 0 Å². The van der Waals surface area contributed by atoms with Crippen LogP contribution in [0.1, 0.15) is 18.5 Å². The summed E-state index contributed by atoms with van der Waals surface area (Å²) < 4.78 is 39.0. The highest BCUT2D eigenvalue weighted by Crippen LogP contribution is 2.33. The van der Waals surface area contributed by atoms with Gasteiger partial charge < -0.3 is 4.74 Å². The number of pyridine rings is 1. The summed E-state index contributed by atoms with van der Waals surface area (Å²) in [4.78, 5) is 12.7. The van der Waals surface area contributed by atoms with E-state index >= 15 is 0 Å². The quantitative estimate of drug-likeness (QED) is 0.404. The van der Waals surface area contributed by atoms with Crippen LogP contribution in [0.5, 0.6) is 5.75 Å². The molecule has 0 atom stereocenters. The number of nitrogens with zero attached hydrogens (tertiary/aromatic N) is 6. The van der Waals surface area contributed by atoms with Crippen molar-refractivity contribution >= 4 is 5.78 Å². The average molecular weight is 434 g/mol. The third-order valence-corrected chi connectivity index (χ3v) is 4.93. The second-order valence-corrected chi connectivity index (χ2v) is 7.37. The highest BCUT2D eigenvalue weighted by molar-refractivity contribution is 5.65. The number of alkyl halides is 2. The number of halogens is 2. The molecule has 0 unspecified atom stereocenters. The molecule has 0 spiro atoms. The SMILES string of the molecule is N#Cc1ccc(-c2nc3nccc(-c4cccc(OC(F)(F)OCC5CC5)c4)n3n2)cn1. The van der Waals surface area contributed by atoms with Gasteiger partial charge in [0.1, 0.15) is 17.5 Å². The maximum absolute atomic E-state index is 14.0. The van der Waals surface area contributed by atoms with Gasteiger partial charge in [-0.2, -0.15) is 14.8 Å². The van der Waals surface area contributed by atoms with Crippen LogP contribution in [0.15, 0.2) is 54.9 Å². The number of nitriles is 1. The number of hydrogen-bond donors (Lipinski definition) is 0. The zero-order valence-electron chi connectivity index (χ0n) is 16.7. The number of hydrogen-bond acceptors (Lipinski definition) is 7. The highest BCUT2D eigenvalue weighted by Gasteiger charge is 2.36. The Hall–Kier alpha value is -3.97. The highest BCUT2D eigenvalue weighted by atomic mass is 19.3. The zero-order chi connectivity index (χ0) is 22.1. The summed E-state index contributed by atoms with van der Waals surface area (Å²) in [5.41, 5.74) is 2.07. The van der Waals surface area contributed by atoms with Gasteiger partial charge in [0.15, 0.2) is 5.82 Å². The minimum atomic E-state index is -3.71. The molecule has 0 bridgehead atoms. The summed E-state index contributed by atoms with van der Waals surface area (Å²) >= 11 is 0. The van der Waals surface area contributed by atoms with Crippen LogP contribution in [0.4, 0.5) is 8.78 Å². The van der Waals surface area contributed by atoms with Gasteiger partial charge in [-0.25, -0.2) is 9.97 Å². The van der Waals surface area contributed by atoms with Crippen molar-refractivity contribution in [2.45, 2.75) is 19.1 Å². The van der Waals surface area contributed by atoms with Crippen LogP contribution >= 0.6 is 0 Å². The lowest BCUT2D eigenvalue weighted by atomic mass is 10.1. The Balaban J connectivity index is 1.44. The maximum Gasteiger partial charge on any atom is 0.535 e. The van der Waals surface area contributed by atoms with E-state index in [0.717, 1.165) is 12.8 Å². The van der Waals surface area contributed by atoms with Crippen molar-refractivity contribution in [3.05, 3.63) is 60.6 Å². The van der Waals surface area contributed by atoms with E-state index in [1.165, 1.54) is 22.8 Å². The number of rotatable bonds is 7. The van der Waals surface area contributed by atoms with Gasteiger partial charge in [0.2, 0.25) is 0 Å². The van der Waals surface area contributed by atoms with Crippen molar-refractivity contribution in [1.29, 1.82) is 5.26 Å². The van der Waals surface area contributed by atoms with E-state index in [2.05, 4.69) is 24.8 Å². The molecule has 160 valence electrons. The lowest BCUT2D eigenvalue weighted by molar-refractivity contribution is -0.354. The Bertz CT molecular complexity index is 1310. The molecule has 3 aromatic heterocycles. The summed E-state index contributed by atoms with van der Waals surface area (Å²) in [6.07, 6.45) is 1.16. The molecule has 10 heteroatoms. The minimum Gasteiger partial charge on any atom is -0.409 e. The predicted octanol–water partition coefficient (Wildman–Crippen LogP) is 4.08. The van der Waals surface area contributed by atoms with Gasteiger partial charge in [0.05, 0.1) is 12.3 Å². The topological polar surface area (TPSA) is 98.2 Å². The van der Waals surface area contributed by atoms with Crippen molar-refractivity contribution in [2.24, 2.45) is 5.92 Å².